The summed E-state index contributed by atoms with van der Waals surface area (Å²) in [5.41, 5.74) is 5.55. The first kappa shape index (κ1) is 19.7. The first-order chi connectivity index (χ1) is 14.9. The minimum atomic E-state index is -0.103. The van der Waals surface area contributed by atoms with Gasteiger partial charge in [0.2, 0.25) is 0 Å². The summed E-state index contributed by atoms with van der Waals surface area (Å²) in [5.74, 6) is 0.652. The van der Waals surface area contributed by atoms with Crippen LogP contribution in [0.15, 0.2) is 41.5 Å². The third-order valence-electron chi connectivity index (χ3n) is 5.94. The van der Waals surface area contributed by atoms with Gasteiger partial charge in [-0.3, -0.25) is 14.2 Å². The third kappa shape index (κ3) is 3.67. The average molecular weight is 418 g/mol. The van der Waals surface area contributed by atoms with Crippen LogP contribution in [-0.4, -0.2) is 62.6 Å². The molecular formula is C23H27N7O. The fourth-order valence-corrected chi connectivity index (χ4v) is 4.56. The van der Waals surface area contributed by atoms with Crippen molar-refractivity contribution in [3.05, 3.63) is 58.4 Å². The number of aryl methyl sites for hydroxylation is 2. The van der Waals surface area contributed by atoms with E-state index in [0.717, 1.165) is 42.2 Å². The van der Waals surface area contributed by atoms with E-state index in [-0.39, 0.29) is 5.56 Å². The van der Waals surface area contributed by atoms with E-state index in [1.807, 2.05) is 38.4 Å². The van der Waals surface area contributed by atoms with Gasteiger partial charge in [0.1, 0.15) is 11.3 Å². The largest absolute Gasteiger partial charge is 0.370 e. The molecule has 4 aromatic rings. The number of hydrogen-bond acceptors (Lipinski definition) is 6. The first-order valence-electron chi connectivity index (χ1n) is 10.6. The fourth-order valence-electron chi connectivity index (χ4n) is 4.56. The van der Waals surface area contributed by atoms with E-state index in [4.69, 9.17) is 4.98 Å². The molecule has 1 saturated heterocycles. The fraction of sp³-hybridized carbons (Fsp3) is 0.391. The monoisotopic (exact) mass is 417 g/mol. The van der Waals surface area contributed by atoms with Gasteiger partial charge in [-0.2, -0.15) is 5.10 Å². The predicted molar refractivity (Wildman–Crippen MR) is 122 cm³/mol. The van der Waals surface area contributed by atoms with Gasteiger partial charge in [0.05, 0.1) is 34.5 Å². The Morgan fingerprint density at radius 2 is 1.94 bits per heavy atom. The summed E-state index contributed by atoms with van der Waals surface area (Å²) in [7, 11) is 4.23. The molecule has 0 radical (unpaired) electrons. The average Bonchev–Trinajstić information content (AvgIpc) is 3.34. The minimum Gasteiger partial charge on any atom is -0.370 e. The SMILES string of the molecule is Cc1cn2nc(-c3cc(=O)n4cc(N5CCC(CN(C)C)C5)ccc4n3)cc2c(C)n1. The van der Waals surface area contributed by atoms with Crippen LogP contribution in [0.3, 0.4) is 0 Å². The Labute approximate surface area is 180 Å². The predicted octanol–water partition coefficient (Wildman–Crippen LogP) is 2.41. The lowest BCUT2D eigenvalue weighted by Crippen LogP contribution is -2.26. The van der Waals surface area contributed by atoms with Crippen molar-refractivity contribution in [2.24, 2.45) is 5.92 Å². The van der Waals surface area contributed by atoms with Gasteiger partial charge >= 0.3 is 0 Å². The summed E-state index contributed by atoms with van der Waals surface area (Å²) in [5, 5.41) is 4.62. The molecule has 0 spiro atoms. The van der Waals surface area contributed by atoms with Crippen LogP contribution in [0.2, 0.25) is 0 Å². The highest BCUT2D eigenvalue weighted by Gasteiger charge is 2.23. The number of pyridine rings is 1. The Bertz CT molecular complexity index is 1340. The molecule has 31 heavy (non-hydrogen) atoms. The Balaban J connectivity index is 1.49. The molecule has 1 fully saturated rings. The molecule has 8 nitrogen and oxygen atoms in total. The standard InChI is InChI=1S/C23H27N7O/c1-15-11-30-21(16(2)24-15)9-20(26-30)19-10-23(31)29-14-18(5-6-22(29)25-19)28-8-7-17(13-28)12-27(3)4/h5-6,9-11,14,17H,7-8,12-13H2,1-4H3. The van der Waals surface area contributed by atoms with Crippen LogP contribution in [0.5, 0.6) is 0 Å². The van der Waals surface area contributed by atoms with Crippen molar-refractivity contribution in [2.45, 2.75) is 20.3 Å². The summed E-state index contributed by atoms with van der Waals surface area (Å²) in [6.45, 7) is 7.01. The highest BCUT2D eigenvalue weighted by atomic mass is 16.1. The molecule has 1 atom stereocenters. The van der Waals surface area contributed by atoms with Crippen LogP contribution in [0.25, 0.3) is 22.6 Å². The van der Waals surface area contributed by atoms with Crippen molar-refractivity contribution < 1.29 is 0 Å². The molecule has 0 aliphatic carbocycles. The number of aromatic nitrogens is 5. The molecule has 5 rings (SSSR count). The number of fused-ring (bicyclic) bond motifs is 2. The lowest BCUT2D eigenvalue weighted by molar-refractivity contribution is 0.340. The highest BCUT2D eigenvalue weighted by molar-refractivity contribution is 5.66. The van der Waals surface area contributed by atoms with Crippen LogP contribution >= 0.6 is 0 Å². The quantitative estimate of drug-likeness (QED) is 0.508. The molecule has 4 aromatic heterocycles. The molecule has 0 bridgehead atoms. The van der Waals surface area contributed by atoms with Crippen molar-refractivity contribution in [2.75, 3.05) is 38.6 Å². The Morgan fingerprint density at radius 3 is 2.74 bits per heavy atom. The molecule has 1 aliphatic rings. The molecule has 5 heterocycles. The van der Waals surface area contributed by atoms with Crippen molar-refractivity contribution >= 4 is 16.9 Å². The number of hydrogen-bond donors (Lipinski definition) is 0. The molecule has 8 heteroatoms. The second kappa shape index (κ2) is 7.46. The number of rotatable bonds is 4. The van der Waals surface area contributed by atoms with Crippen molar-refractivity contribution in [1.82, 2.24) is 28.9 Å². The first-order valence-corrected chi connectivity index (χ1v) is 10.6. The Hall–Kier alpha value is -3.26. The topological polar surface area (TPSA) is 71.0 Å². The van der Waals surface area contributed by atoms with Gasteiger partial charge in [0.15, 0.2) is 0 Å². The van der Waals surface area contributed by atoms with E-state index in [9.17, 15) is 4.79 Å². The van der Waals surface area contributed by atoms with E-state index >= 15 is 0 Å². The smallest absolute Gasteiger partial charge is 0.258 e. The zero-order valence-electron chi connectivity index (χ0n) is 18.4. The molecule has 0 amide bonds. The molecular weight excluding hydrogens is 390 g/mol. The zero-order valence-corrected chi connectivity index (χ0v) is 18.4. The van der Waals surface area contributed by atoms with E-state index in [0.29, 0.717) is 23.0 Å². The van der Waals surface area contributed by atoms with Crippen LogP contribution in [0.4, 0.5) is 5.69 Å². The maximum atomic E-state index is 12.9. The van der Waals surface area contributed by atoms with Gasteiger partial charge < -0.3 is 9.80 Å². The molecule has 1 aliphatic heterocycles. The second-order valence-electron chi connectivity index (χ2n) is 8.79. The minimum absolute atomic E-state index is 0.103. The molecule has 1 unspecified atom stereocenters. The van der Waals surface area contributed by atoms with Crippen molar-refractivity contribution in [3.63, 3.8) is 0 Å². The zero-order chi connectivity index (χ0) is 21.7. The van der Waals surface area contributed by atoms with Gasteiger partial charge in [-0.1, -0.05) is 0 Å². The molecule has 0 N–H and O–H groups in total. The number of nitrogens with zero attached hydrogens (tertiary/aromatic N) is 7. The van der Waals surface area contributed by atoms with E-state index < -0.39 is 0 Å². The Morgan fingerprint density at radius 1 is 1.10 bits per heavy atom. The summed E-state index contributed by atoms with van der Waals surface area (Å²) >= 11 is 0. The van der Waals surface area contributed by atoms with Gasteiger partial charge in [-0.25, -0.2) is 9.50 Å². The maximum Gasteiger partial charge on any atom is 0.258 e. The number of anilines is 1. The van der Waals surface area contributed by atoms with Crippen LogP contribution in [0.1, 0.15) is 17.8 Å². The van der Waals surface area contributed by atoms with Gasteiger partial charge in [0, 0.05) is 31.9 Å². The summed E-state index contributed by atoms with van der Waals surface area (Å²) in [6, 6.07) is 7.48. The summed E-state index contributed by atoms with van der Waals surface area (Å²) in [6.07, 6.45) is 4.96. The van der Waals surface area contributed by atoms with Crippen molar-refractivity contribution in [1.29, 1.82) is 0 Å². The Kier molecular flexibility index (Phi) is 4.74. The molecule has 0 aromatic carbocycles. The van der Waals surface area contributed by atoms with Crippen LogP contribution in [0, 0.1) is 19.8 Å². The third-order valence-corrected chi connectivity index (χ3v) is 5.94. The summed E-state index contributed by atoms with van der Waals surface area (Å²) in [4.78, 5) is 26.7. The van der Waals surface area contributed by atoms with Gasteiger partial charge in [-0.05, 0) is 58.5 Å². The normalized spacial score (nSPS) is 16.8. The second-order valence-corrected chi connectivity index (χ2v) is 8.79. The lowest BCUT2D eigenvalue weighted by Gasteiger charge is -2.20. The van der Waals surface area contributed by atoms with E-state index in [1.54, 1.807) is 15.0 Å². The van der Waals surface area contributed by atoms with Crippen LogP contribution < -0.4 is 10.5 Å². The van der Waals surface area contributed by atoms with Gasteiger partial charge in [-0.15, -0.1) is 0 Å². The van der Waals surface area contributed by atoms with Crippen LogP contribution in [-0.2, 0) is 0 Å². The molecule has 160 valence electrons. The van der Waals surface area contributed by atoms with E-state index in [1.165, 1.54) is 6.42 Å². The highest BCUT2D eigenvalue weighted by Crippen LogP contribution is 2.25. The summed E-state index contributed by atoms with van der Waals surface area (Å²) < 4.78 is 3.43. The van der Waals surface area contributed by atoms with Crippen molar-refractivity contribution in [3.8, 4) is 11.4 Å². The lowest BCUT2D eigenvalue weighted by atomic mass is 10.1. The van der Waals surface area contributed by atoms with Gasteiger partial charge in [0.25, 0.3) is 5.56 Å². The maximum absolute atomic E-state index is 12.9. The molecule has 0 saturated carbocycles. The van der Waals surface area contributed by atoms with E-state index in [2.05, 4.69) is 40.0 Å².